The van der Waals surface area contributed by atoms with Crippen LogP contribution < -0.4 is 14.8 Å². The van der Waals surface area contributed by atoms with E-state index in [0.29, 0.717) is 17.9 Å². The first kappa shape index (κ1) is 16.1. The number of aryl methyl sites for hydroxylation is 1. The first-order chi connectivity index (χ1) is 13.2. The molecule has 3 aromatic rings. The molecule has 0 bridgehead atoms. The van der Waals surface area contributed by atoms with Crippen molar-refractivity contribution in [2.24, 2.45) is 0 Å². The zero-order valence-corrected chi connectivity index (χ0v) is 15.5. The van der Waals surface area contributed by atoms with Crippen LogP contribution in [0.25, 0.3) is 0 Å². The number of hydrogen-bond donors (Lipinski definition) is 1. The summed E-state index contributed by atoms with van der Waals surface area (Å²) in [4.78, 5) is 19.7. The third kappa shape index (κ3) is 2.80. The van der Waals surface area contributed by atoms with E-state index in [2.05, 4.69) is 10.3 Å². The van der Waals surface area contributed by atoms with Gasteiger partial charge in [0.2, 0.25) is 6.79 Å². The SMILES string of the molecule is Cc1nc([C@H]2Nc3ccccc3C(=O)N2Cc2ccc3c(c2)OCO3)cs1. The molecule has 2 aliphatic heterocycles. The van der Waals surface area contributed by atoms with E-state index < -0.39 is 0 Å². The second-order valence-electron chi connectivity index (χ2n) is 6.50. The molecule has 0 saturated carbocycles. The number of nitrogens with one attached hydrogen (secondary N) is 1. The molecule has 0 fully saturated rings. The number of carbonyl (C=O) groups is 1. The maximum Gasteiger partial charge on any atom is 0.258 e. The van der Waals surface area contributed by atoms with Crippen molar-refractivity contribution < 1.29 is 14.3 Å². The number of nitrogens with zero attached hydrogens (tertiary/aromatic N) is 2. The zero-order valence-electron chi connectivity index (χ0n) is 14.6. The molecule has 3 heterocycles. The zero-order chi connectivity index (χ0) is 18.4. The number of aromatic nitrogens is 1. The highest BCUT2D eigenvalue weighted by Gasteiger charge is 2.34. The molecule has 0 aliphatic carbocycles. The van der Waals surface area contributed by atoms with Crippen molar-refractivity contribution in [3.05, 3.63) is 69.7 Å². The Morgan fingerprint density at radius 2 is 2.07 bits per heavy atom. The first-order valence-corrected chi connectivity index (χ1v) is 9.54. The maximum atomic E-state index is 13.3. The predicted molar refractivity (Wildman–Crippen MR) is 102 cm³/mol. The molecular weight excluding hydrogens is 362 g/mol. The quantitative estimate of drug-likeness (QED) is 0.747. The fourth-order valence-electron chi connectivity index (χ4n) is 3.43. The molecule has 2 aliphatic rings. The molecule has 0 unspecified atom stereocenters. The number of thiazole rings is 1. The average molecular weight is 379 g/mol. The summed E-state index contributed by atoms with van der Waals surface area (Å²) >= 11 is 1.58. The first-order valence-electron chi connectivity index (χ1n) is 8.66. The van der Waals surface area contributed by atoms with Gasteiger partial charge in [0.25, 0.3) is 5.91 Å². The molecule has 1 amide bonds. The van der Waals surface area contributed by atoms with Gasteiger partial charge in [-0.25, -0.2) is 4.98 Å². The second-order valence-corrected chi connectivity index (χ2v) is 7.57. The number of amides is 1. The highest BCUT2D eigenvalue weighted by molar-refractivity contribution is 7.09. The van der Waals surface area contributed by atoms with Gasteiger partial charge in [-0.05, 0) is 36.8 Å². The van der Waals surface area contributed by atoms with Gasteiger partial charge in [0.15, 0.2) is 11.5 Å². The lowest BCUT2D eigenvalue weighted by Gasteiger charge is -2.37. The van der Waals surface area contributed by atoms with Gasteiger partial charge in [-0.3, -0.25) is 4.79 Å². The summed E-state index contributed by atoms with van der Waals surface area (Å²) in [6, 6.07) is 13.4. The molecule has 1 N–H and O–H groups in total. The lowest BCUT2D eigenvalue weighted by molar-refractivity contribution is 0.0663. The Balaban J connectivity index is 1.53. The van der Waals surface area contributed by atoms with Crippen LogP contribution in [0.15, 0.2) is 47.8 Å². The highest BCUT2D eigenvalue weighted by atomic mass is 32.1. The fourth-order valence-corrected chi connectivity index (χ4v) is 4.06. The number of rotatable bonds is 3. The van der Waals surface area contributed by atoms with Gasteiger partial charge in [-0.1, -0.05) is 18.2 Å². The van der Waals surface area contributed by atoms with Crippen molar-refractivity contribution in [2.45, 2.75) is 19.6 Å². The number of para-hydroxylation sites is 1. The summed E-state index contributed by atoms with van der Waals surface area (Å²) in [5.41, 5.74) is 3.33. The normalized spacial score (nSPS) is 17.6. The van der Waals surface area contributed by atoms with Crippen molar-refractivity contribution in [2.75, 3.05) is 12.1 Å². The molecule has 1 atom stereocenters. The molecule has 6 nitrogen and oxygen atoms in total. The Labute approximate surface area is 160 Å². The number of carbonyl (C=O) groups excluding carboxylic acids is 1. The standard InChI is InChI=1S/C20H17N3O3S/c1-12-21-16(10-27-12)19-22-15-5-3-2-4-14(15)20(24)23(19)9-13-6-7-17-18(8-13)26-11-25-17/h2-8,10,19,22H,9,11H2,1H3/t19-/m0/s1. The van der Waals surface area contributed by atoms with E-state index in [4.69, 9.17) is 9.47 Å². The van der Waals surface area contributed by atoms with E-state index in [1.54, 1.807) is 11.3 Å². The third-order valence-electron chi connectivity index (χ3n) is 4.73. The maximum absolute atomic E-state index is 13.3. The van der Waals surface area contributed by atoms with Crippen LogP contribution in [0.4, 0.5) is 5.69 Å². The summed E-state index contributed by atoms with van der Waals surface area (Å²) in [7, 11) is 0. The third-order valence-corrected chi connectivity index (χ3v) is 5.52. The smallest absolute Gasteiger partial charge is 0.258 e. The van der Waals surface area contributed by atoms with E-state index >= 15 is 0 Å². The predicted octanol–water partition coefficient (Wildman–Crippen LogP) is 3.95. The lowest BCUT2D eigenvalue weighted by atomic mass is 10.1. The fraction of sp³-hybridized carbons (Fsp3) is 0.200. The molecule has 27 heavy (non-hydrogen) atoms. The van der Waals surface area contributed by atoms with Crippen molar-refractivity contribution in [3.63, 3.8) is 0 Å². The number of hydrogen-bond acceptors (Lipinski definition) is 6. The largest absolute Gasteiger partial charge is 0.454 e. The Morgan fingerprint density at radius 3 is 2.93 bits per heavy atom. The summed E-state index contributed by atoms with van der Waals surface area (Å²) in [6.45, 7) is 2.64. The summed E-state index contributed by atoms with van der Waals surface area (Å²) in [5, 5.41) is 6.45. The van der Waals surface area contributed by atoms with Crippen LogP contribution in [0.5, 0.6) is 11.5 Å². The summed E-state index contributed by atoms with van der Waals surface area (Å²) < 4.78 is 10.9. The van der Waals surface area contributed by atoms with Gasteiger partial charge in [-0.2, -0.15) is 0 Å². The number of fused-ring (bicyclic) bond motifs is 2. The van der Waals surface area contributed by atoms with Crippen LogP contribution in [-0.4, -0.2) is 22.6 Å². The monoisotopic (exact) mass is 379 g/mol. The van der Waals surface area contributed by atoms with E-state index in [0.717, 1.165) is 27.7 Å². The minimum absolute atomic E-state index is 0.0160. The van der Waals surface area contributed by atoms with Crippen molar-refractivity contribution >= 4 is 22.9 Å². The van der Waals surface area contributed by atoms with Gasteiger partial charge in [0, 0.05) is 17.6 Å². The van der Waals surface area contributed by atoms with Crippen LogP contribution in [0, 0.1) is 6.92 Å². The molecule has 2 aromatic carbocycles. The van der Waals surface area contributed by atoms with Gasteiger partial charge < -0.3 is 19.7 Å². The van der Waals surface area contributed by atoms with Gasteiger partial charge >= 0.3 is 0 Å². The van der Waals surface area contributed by atoms with Crippen LogP contribution in [0.3, 0.4) is 0 Å². The van der Waals surface area contributed by atoms with Gasteiger partial charge in [-0.15, -0.1) is 11.3 Å². The molecule has 1 aromatic heterocycles. The molecule has 136 valence electrons. The van der Waals surface area contributed by atoms with Gasteiger partial charge in [0.05, 0.1) is 16.3 Å². The van der Waals surface area contributed by atoms with Crippen LogP contribution in [-0.2, 0) is 6.54 Å². The van der Waals surface area contributed by atoms with E-state index in [1.165, 1.54) is 0 Å². The number of anilines is 1. The topological polar surface area (TPSA) is 63.7 Å². The van der Waals surface area contributed by atoms with E-state index in [-0.39, 0.29) is 18.9 Å². The van der Waals surface area contributed by atoms with E-state index in [1.807, 2.05) is 59.7 Å². The van der Waals surface area contributed by atoms with Crippen LogP contribution in [0.1, 0.15) is 32.8 Å². The summed E-state index contributed by atoms with van der Waals surface area (Å²) in [6.07, 6.45) is -0.317. The lowest BCUT2D eigenvalue weighted by Crippen LogP contribution is -2.42. The highest BCUT2D eigenvalue weighted by Crippen LogP contribution is 2.37. The molecule has 5 rings (SSSR count). The van der Waals surface area contributed by atoms with Crippen molar-refractivity contribution in [3.8, 4) is 11.5 Å². The van der Waals surface area contributed by atoms with E-state index in [9.17, 15) is 4.79 Å². The Morgan fingerprint density at radius 1 is 1.22 bits per heavy atom. The Hall–Kier alpha value is -3.06. The molecule has 0 saturated heterocycles. The average Bonchev–Trinajstić information content (AvgIpc) is 3.32. The number of benzene rings is 2. The molecule has 0 radical (unpaired) electrons. The minimum Gasteiger partial charge on any atom is -0.454 e. The second kappa shape index (κ2) is 6.28. The Bertz CT molecular complexity index is 1030. The molecule has 0 spiro atoms. The van der Waals surface area contributed by atoms with Crippen molar-refractivity contribution in [1.29, 1.82) is 0 Å². The van der Waals surface area contributed by atoms with Crippen LogP contribution >= 0.6 is 11.3 Å². The van der Waals surface area contributed by atoms with Crippen molar-refractivity contribution in [1.82, 2.24) is 9.88 Å². The minimum atomic E-state index is -0.317. The van der Waals surface area contributed by atoms with Gasteiger partial charge in [0.1, 0.15) is 6.17 Å². The molecular formula is C20H17N3O3S. The molecule has 7 heteroatoms. The van der Waals surface area contributed by atoms with Crippen LogP contribution in [0.2, 0.25) is 0 Å². The summed E-state index contributed by atoms with van der Waals surface area (Å²) in [5.74, 6) is 1.43. The Kier molecular flexibility index (Phi) is 3.75. The number of ether oxygens (including phenoxy) is 2.